The lowest BCUT2D eigenvalue weighted by Crippen LogP contribution is -2.50. The summed E-state index contributed by atoms with van der Waals surface area (Å²) in [6, 6.07) is 7.11. The quantitative estimate of drug-likeness (QED) is 0.394. The third-order valence-electron chi connectivity index (χ3n) is 4.97. The van der Waals surface area contributed by atoms with E-state index < -0.39 is 5.41 Å². The molecule has 7 heteroatoms. The Bertz CT molecular complexity index is 773. The Hall–Kier alpha value is -3.01. The monoisotopic (exact) mass is 383 g/mol. The molecule has 2 amide bonds. The number of nitrogens with zero attached hydrogens (tertiary/aromatic N) is 2. The van der Waals surface area contributed by atoms with Crippen molar-refractivity contribution in [1.82, 2.24) is 15.5 Å². The molecule has 1 fully saturated rings. The lowest BCUT2D eigenvalue weighted by atomic mass is 9.84. The molecule has 7 nitrogen and oxygen atoms in total. The Balaban J connectivity index is 1.87. The second-order valence-corrected chi connectivity index (χ2v) is 7.24. The first-order valence-electron chi connectivity index (χ1n) is 9.43. The van der Waals surface area contributed by atoms with E-state index >= 15 is 0 Å². The number of hydrogen-bond donors (Lipinski definition) is 3. The third kappa shape index (κ3) is 5.49. The Labute approximate surface area is 167 Å². The minimum atomic E-state index is -0.404. The van der Waals surface area contributed by atoms with E-state index in [1.807, 2.05) is 0 Å². The van der Waals surface area contributed by atoms with Gasteiger partial charge in [0.1, 0.15) is 0 Å². The first-order valence-corrected chi connectivity index (χ1v) is 9.43. The molecule has 0 radical (unpaired) electrons. The summed E-state index contributed by atoms with van der Waals surface area (Å²) in [6.45, 7) is 0.546. The third-order valence-corrected chi connectivity index (χ3v) is 4.97. The van der Waals surface area contributed by atoms with Crippen LogP contribution in [0.2, 0.25) is 0 Å². The molecule has 28 heavy (non-hydrogen) atoms. The zero-order chi connectivity index (χ0) is 20.6. The van der Waals surface area contributed by atoms with Gasteiger partial charge in [-0.05, 0) is 31.0 Å². The number of anilines is 1. The van der Waals surface area contributed by atoms with E-state index in [9.17, 15) is 9.59 Å². The summed E-state index contributed by atoms with van der Waals surface area (Å²) in [7, 11) is 5.21. The van der Waals surface area contributed by atoms with Gasteiger partial charge in [-0.15, -0.1) is 6.42 Å². The van der Waals surface area contributed by atoms with Gasteiger partial charge in [0.25, 0.3) is 0 Å². The van der Waals surface area contributed by atoms with E-state index in [1.54, 1.807) is 50.3 Å². The number of carbonyl (C=O) groups excluding carboxylic acids is 2. The fourth-order valence-corrected chi connectivity index (χ4v) is 3.52. The lowest BCUT2D eigenvalue weighted by molar-refractivity contribution is -0.138. The predicted octanol–water partition coefficient (Wildman–Crippen LogP) is 1.42. The molecule has 1 aromatic rings. The second kappa shape index (κ2) is 9.79. The van der Waals surface area contributed by atoms with Crippen LogP contribution < -0.4 is 16.0 Å². The van der Waals surface area contributed by atoms with Gasteiger partial charge in [-0.1, -0.05) is 24.8 Å². The molecule has 1 aliphatic carbocycles. The number of nitrogens with one attached hydrogen (secondary N) is 3. The molecule has 0 aromatic heterocycles. The largest absolute Gasteiger partial charge is 0.355 e. The lowest BCUT2D eigenvalue weighted by Gasteiger charge is -2.31. The van der Waals surface area contributed by atoms with Crippen molar-refractivity contribution in [3.05, 3.63) is 29.8 Å². The van der Waals surface area contributed by atoms with Crippen molar-refractivity contribution in [2.24, 2.45) is 10.4 Å². The van der Waals surface area contributed by atoms with Gasteiger partial charge in [0, 0.05) is 38.9 Å². The standard InChI is InChI=1S/C21H29N5O2/c1-5-16-9-8-10-17(13-16)25-18(27)14-23-20(22-2)24-15-21(11-6-7-12-21)19(28)26(3)4/h1,8-10,13H,6-7,11-12,14-15H2,2-4H3,(H,25,27)(H2,22,23,24). The average Bonchev–Trinajstić information content (AvgIpc) is 3.17. The molecule has 2 rings (SSSR count). The number of hydrogen-bond acceptors (Lipinski definition) is 3. The molecule has 0 heterocycles. The Morgan fingerprint density at radius 3 is 2.57 bits per heavy atom. The van der Waals surface area contributed by atoms with E-state index in [0.717, 1.165) is 25.7 Å². The number of rotatable bonds is 6. The molecule has 0 bridgehead atoms. The summed E-state index contributed by atoms with van der Waals surface area (Å²) in [5.41, 5.74) is 0.946. The van der Waals surface area contributed by atoms with Gasteiger partial charge in [-0.25, -0.2) is 0 Å². The summed E-state index contributed by atoms with van der Waals surface area (Å²) in [6.07, 6.45) is 9.19. The smallest absolute Gasteiger partial charge is 0.243 e. The number of benzene rings is 1. The Morgan fingerprint density at radius 1 is 1.25 bits per heavy atom. The maximum atomic E-state index is 12.6. The fraction of sp³-hybridized carbons (Fsp3) is 0.476. The van der Waals surface area contributed by atoms with Gasteiger partial charge in [0.15, 0.2) is 5.96 Å². The van der Waals surface area contributed by atoms with Gasteiger partial charge in [-0.3, -0.25) is 14.6 Å². The van der Waals surface area contributed by atoms with Gasteiger partial charge in [0.05, 0.1) is 12.0 Å². The van der Waals surface area contributed by atoms with E-state index in [1.165, 1.54) is 0 Å². The zero-order valence-corrected chi connectivity index (χ0v) is 16.8. The number of amides is 2. The van der Waals surface area contributed by atoms with Gasteiger partial charge < -0.3 is 20.9 Å². The van der Waals surface area contributed by atoms with E-state index in [-0.39, 0.29) is 18.4 Å². The number of terminal acetylenes is 1. The number of aliphatic imine (C=N–C) groups is 1. The van der Waals surface area contributed by atoms with Crippen molar-refractivity contribution in [1.29, 1.82) is 0 Å². The van der Waals surface area contributed by atoms with Gasteiger partial charge >= 0.3 is 0 Å². The van der Waals surface area contributed by atoms with Crippen molar-refractivity contribution < 1.29 is 9.59 Å². The van der Waals surface area contributed by atoms with Crippen molar-refractivity contribution in [2.45, 2.75) is 25.7 Å². The minimum Gasteiger partial charge on any atom is -0.355 e. The Morgan fingerprint density at radius 2 is 1.96 bits per heavy atom. The van der Waals surface area contributed by atoms with Crippen molar-refractivity contribution >= 4 is 23.5 Å². The van der Waals surface area contributed by atoms with Crippen molar-refractivity contribution in [3.8, 4) is 12.3 Å². The highest BCUT2D eigenvalue weighted by Crippen LogP contribution is 2.38. The summed E-state index contributed by atoms with van der Waals surface area (Å²) < 4.78 is 0. The summed E-state index contributed by atoms with van der Waals surface area (Å²) in [4.78, 5) is 30.6. The molecular formula is C21H29N5O2. The summed E-state index contributed by atoms with van der Waals surface area (Å²) in [5, 5.41) is 8.99. The van der Waals surface area contributed by atoms with Crippen molar-refractivity contribution in [3.63, 3.8) is 0 Å². The van der Waals surface area contributed by atoms with Crippen LogP contribution in [0.4, 0.5) is 5.69 Å². The predicted molar refractivity (Wildman–Crippen MR) is 112 cm³/mol. The van der Waals surface area contributed by atoms with Crippen LogP contribution in [0.5, 0.6) is 0 Å². The molecule has 3 N–H and O–H groups in total. The van der Waals surface area contributed by atoms with Crippen LogP contribution in [0.3, 0.4) is 0 Å². The topological polar surface area (TPSA) is 85.8 Å². The van der Waals surface area contributed by atoms with Gasteiger partial charge in [-0.2, -0.15) is 0 Å². The van der Waals surface area contributed by atoms with E-state index in [2.05, 4.69) is 26.9 Å². The minimum absolute atomic E-state index is 0.0502. The highest BCUT2D eigenvalue weighted by molar-refractivity contribution is 5.95. The maximum Gasteiger partial charge on any atom is 0.243 e. The first kappa shape index (κ1) is 21.3. The van der Waals surface area contributed by atoms with Crippen LogP contribution in [-0.4, -0.2) is 56.9 Å². The van der Waals surface area contributed by atoms with Crippen LogP contribution >= 0.6 is 0 Å². The van der Waals surface area contributed by atoms with Crippen LogP contribution in [0.1, 0.15) is 31.2 Å². The van der Waals surface area contributed by atoms with E-state index in [0.29, 0.717) is 23.8 Å². The number of carbonyl (C=O) groups is 2. The fourth-order valence-electron chi connectivity index (χ4n) is 3.52. The van der Waals surface area contributed by atoms with Crippen LogP contribution in [0, 0.1) is 17.8 Å². The van der Waals surface area contributed by atoms with E-state index in [4.69, 9.17) is 6.42 Å². The SMILES string of the molecule is C#Cc1cccc(NC(=O)CNC(=NC)NCC2(C(=O)N(C)C)CCCC2)c1. The molecule has 0 saturated heterocycles. The second-order valence-electron chi connectivity index (χ2n) is 7.24. The highest BCUT2D eigenvalue weighted by Gasteiger charge is 2.42. The molecule has 0 atom stereocenters. The van der Waals surface area contributed by atoms with Gasteiger partial charge in [0.2, 0.25) is 11.8 Å². The number of guanidine groups is 1. The summed E-state index contributed by atoms with van der Waals surface area (Å²) in [5.74, 6) is 2.95. The molecule has 1 saturated carbocycles. The molecule has 1 aliphatic rings. The van der Waals surface area contributed by atoms with Crippen LogP contribution in [0.15, 0.2) is 29.3 Å². The average molecular weight is 383 g/mol. The van der Waals surface area contributed by atoms with Crippen LogP contribution in [-0.2, 0) is 9.59 Å². The molecule has 1 aromatic carbocycles. The molecule has 0 unspecified atom stereocenters. The zero-order valence-electron chi connectivity index (χ0n) is 16.8. The molecule has 150 valence electrons. The normalized spacial score (nSPS) is 15.4. The maximum absolute atomic E-state index is 12.6. The first-order chi connectivity index (χ1) is 13.4. The highest BCUT2D eigenvalue weighted by atomic mass is 16.2. The Kier molecular flexibility index (Phi) is 7.44. The summed E-state index contributed by atoms with van der Waals surface area (Å²) >= 11 is 0. The molecular weight excluding hydrogens is 354 g/mol. The molecule has 0 aliphatic heterocycles. The van der Waals surface area contributed by atoms with Crippen LogP contribution in [0.25, 0.3) is 0 Å². The van der Waals surface area contributed by atoms with Crippen molar-refractivity contribution in [2.75, 3.05) is 39.5 Å². The molecule has 0 spiro atoms.